The van der Waals surface area contributed by atoms with Crippen LogP contribution in [-0.4, -0.2) is 50.0 Å². The number of hydrogen-bond acceptors (Lipinski definition) is 4. The van der Waals surface area contributed by atoms with Gasteiger partial charge in [0.15, 0.2) is 0 Å². The average molecular weight is 528 g/mol. The van der Waals surface area contributed by atoms with Crippen molar-refractivity contribution in [3.63, 3.8) is 0 Å². The molecular weight excluding hydrogens is 486 g/mol. The topological polar surface area (TPSA) is 86.8 Å². The molecule has 37 heavy (non-hydrogen) atoms. The molecule has 2 aromatic carbocycles. The highest BCUT2D eigenvalue weighted by molar-refractivity contribution is 7.92. The molecular formula is C29H41N3O4S. The van der Waals surface area contributed by atoms with Crippen molar-refractivity contribution in [1.82, 2.24) is 10.2 Å². The van der Waals surface area contributed by atoms with Crippen molar-refractivity contribution >= 4 is 27.5 Å². The van der Waals surface area contributed by atoms with Crippen LogP contribution in [0.4, 0.5) is 5.69 Å². The van der Waals surface area contributed by atoms with E-state index >= 15 is 0 Å². The molecule has 0 spiro atoms. The lowest BCUT2D eigenvalue weighted by Crippen LogP contribution is -2.52. The van der Waals surface area contributed by atoms with Gasteiger partial charge in [-0.3, -0.25) is 13.9 Å². The number of rotatable bonds is 9. The van der Waals surface area contributed by atoms with Crippen molar-refractivity contribution in [3.05, 3.63) is 65.2 Å². The predicted octanol–water partition coefficient (Wildman–Crippen LogP) is 4.53. The van der Waals surface area contributed by atoms with Crippen LogP contribution >= 0.6 is 0 Å². The molecule has 0 unspecified atom stereocenters. The van der Waals surface area contributed by atoms with Crippen LogP contribution in [0.25, 0.3) is 0 Å². The van der Waals surface area contributed by atoms with E-state index in [4.69, 9.17) is 0 Å². The highest BCUT2D eigenvalue weighted by Crippen LogP contribution is 2.26. The molecule has 1 aliphatic carbocycles. The first-order valence-electron chi connectivity index (χ1n) is 13.0. The fourth-order valence-electron chi connectivity index (χ4n) is 4.72. The molecule has 0 bridgehead atoms. The maximum absolute atomic E-state index is 13.7. The minimum Gasteiger partial charge on any atom is -0.352 e. The molecule has 3 rings (SSSR count). The van der Waals surface area contributed by atoms with E-state index in [2.05, 4.69) is 26.1 Å². The summed E-state index contributed by atoms with van der Waals surface area (Å²) in [4.78, 5) is 28.3. The van der Waals surface area contributed by atoms with Crippen LogP contribution in [0, 0.1) is 6.92 Å². The third-order valence-electron chi connectivity index (χ3n) is 7.00. The largest absolute Gasteiger partial charge is 0.352 e. The van der Waals surface area contributed by atoms with Crippen molar-refractivity contribution in [2.45, 2.75) is 84.3 Å². The number of sulfonamides is 1. The number of carbonyl (C=O) groups excluding carboxylic acids is 2. The van der Waals surface area contributed by atoms with Gasteiger partial charge < -0.3 is 10.2 Å². The van der Waals surface area contributed by atoms with E-state index in [9.17, 15) is 18.0 Å². The summed E-state index contributed by atoms with van der Waals surface area (Å²) in [6.07, 6.45) is 5.15. The lowest BCUT2D eigenvalue weighted by Gasteiger charge is -2.32. The van der Waals surface area contributed by atoms with E-state index < -0.39 is 22.0 Å². The Kier molecular flexibility index (Phi) is 9.05. The Hall–Kier alpha value is -2.87. The van der Waals surface area contributed by atoms with Crippen LogP contribution in [-0.2, 0) is 31.6 Å². The second-order valence-corrected chi connectivity index (χ2v) is 13.1. The normalized spacial score (nSPS) is 15.3. The Morgan fingerprint density at radius 1 is 1.05 bits per heavy atom. The molecule has 0 saturated heterocycles. The van der Waals surface area contributed by atoms with Gasteiger partial charge in [0.05, 0.1) is 11.9 Å². The molecule has 1 atom stereocenters. The first-order chi connectivity index (χ1) is 17.3. The molecule has 1 N–H and O–H groups in total. The zero-order valence-electron chi connectivity index (χ0n) is 23.0. The number of carbonyl (C=O) groups is 2. The van der Waals surface area contributed by atoms with E-state index in [0.717, 1.165) is 52.9 Å². The van der Waals surface area contributed by atoms with Crippen molar-refractivity contribution in [3.8, 4) is 0 Å². The van der Waals surface area contributed by atoms with Gasteiger partial charge in [0.25, 0.3) is 0 Å². The highest BCUT2D eigenvalue weighted by atomic mass is 32.2. The predicted molar refractivity (Wildman–Crippen MR) is 149 cm³/mol. The van der Waals surface area contributed by atoms with Crippen LogP contribution in [0.5, 0.6) is 0 Å². The Morgan fingerprint density at radius 2 is 1.68 bits per heavy atom. The fraction of sp³-hybridized carbons (Fsp3) is 0.517. The summed E-state index contributed by atoms with van der Waals surface area (Å²) in [6, 6.07) is 14.4. The Balaban J connectivity index is 1.88. The lowest BCUT2D eigenvalue weighted by molar-refractivity contribution is -0.139. The van der Waals surface area contributed by atoms with Gasteiger partial charge in [0.1, 0.15) is 12.6 Å². The molecule has 0 heterocycles. The van der Waals surface area contributed by atoms with Gasteiger partial charge in [-0.1, -0.05) is 75.6 Å². The van der Waals surface area contributed by atoms with E-state index in [-0.39, 0.29) is 30.5 Å². The average Bonchev–Trinajstić information content (AvgIpc) is 3.32. The molecule has 202 valence electrons. The minimum absolute atomic E-state index is 0.0863. The second-order valence-electron chi connectivity index (χ2n) is 11.2. The molecule has 8 heteroatoms. The zero-order valence-corrected chi connectivity index (χ0v) is 23.8. The Labute approximate surface area is 222 Å². The van der Waals surface area contributed by atoms with E-state index in [0.29, 0.717) is 5.69 Å². The minimum atomic E-state index is -3.75. The van der Waals surface area contributed by atoms with Gasteiger partial charge in [0.2, 0.25) is 21.8 Å². The van der Waals surface area contributed by atoms with Crippen molar-refractivity contribution < 1.29 is 18.0 Å². The smallest absolute Gasteiger partial charge is 0.244 e. The van der Waals surface area contributed by atoms with Crippen LogP contribution < -0.4 is 9.62 Å². The number of hydrogen-bond donors (Lipinski definition) is 1. The molecule has 0 radical (unpaired) electrons. The van der Waals surface area contributed by atoms with E-state index in [1.807, 2.05) is 43.3 Å². The number of nitrogens with one attached hydrogen (secondary N) is 1. The molecule has 1 fully saturated rings. The van der Waals surface area contributed by atoms with Crippen LogP contribution in [0.2, 0.25) is 0 Å². The van der Waals surface area contributed by atoms with Gasteiger partial charge in [0, 0.05) is 12.6 Å². The number of anilines is 1. The summed E-state index contributed by atoms with van der Waals surface area (Å²) >= 11 is 0. The molecule has 2 aromatic rings. The van der Waals surface area contributed by atoms with E-state index in [1.165, 1.54) is 4.90 Å². The van der Waals surface area contributed by atoms with Gasteiger partial charge >= 0.3 is 0 Å². The van der Waals surface area contributed by atoms with Crippen LogP contribution in [0.15, 0.2) is 48.5 Å². The third-order valence-corrected chi connectivity index (χ3v) is 8.15. The van der Waals surface area contributed by atoms with Gasteiger partial charge in [-0.25, -0.2) is 8.42 Å². The number of nitrogens with zero attached hydrogens (tertiary/aromatic N) is 2. The maximum Gasteiger partial charge on any atom is 0.244 e. The van der Waals surface area contributed by atoms with Gasteiger partial charge in [-0.15, -0.1) is 0 Å². The SMILES string of the molecule is Cc1cccc(CN(C(=O)CN(c2ccc(C(C)(C)C)cc2)S(C)(=O)=O)[C@H](C)C(=O)NC2CCCC2)c1. The second kappa shape index (κ2) is 11.7. The maximum atomic E-state index is 13.7. The first kappa shape index (κ1) is 28.7. The summed E-state index contributed by atoms with van der Waals surface area (Å²) in [5.41, 5.74) is 3.33. The Morgan fingerprint density at radius 3 is 2.22 bits per heavy atom. The molecule has 1 saturated carbocycles. The van der Waals surface area contributed by atoms with Gasteiger partial charge in [-0.2, -0.15) is 0 Å². The molecule has 7 nitrogen and oxygen atoms in total. The number of benzene rings is 2. The third kappa shape index (κ3) is 7.81. The van der Waals surface area contributed by atoms with Crippen molar-refractivity contribution in [2.24, 2.45) is 0 Å². The summed E-state index contributed by atoms with van der Waals surface area (Å²) in [5.74, 6) is -0.644. The number of aryl methyl sites for hydroxylation is 1. The molecule has 1 aliphatic rings. The van der Waals surface area contributed by atoms with Crippen LogP contribution in [0.3, 0.4) is 0 Å². The Bertz CT molecular complexity index is 1200. The number of amides is 2. The highest BCUT2D eigenvalue weighted by Gasteiger charge is 2.31. The zero-order chi connectivity index (χ0) is 27.4. The molecule has 0 aromatic heterocycles. The summed E-state index contributed by atoms with van der Waals surface area (Å²) in [6.45, 7) is 9.75. The summed E-state index contributed by atoms with van der Waals surface area (Å²) < 4.78 is 26.7. The first-order valence-corrected chi connectivity index (χ1v) is 14.8. The van der Waals surface area contributed by atoms with Crippen molar-refractivity contribution in [2.75, 3.05) is 17.1 Å². The van der Waals surface area contributed by atoms with E-state index in [1.54, 1.807) is 19.1 Å². The fourth-order valence-corrected chi connectivity index (χ4v) is 5.57. The van der Waals surface area contributed by atoms with Crippen molar-refractivity contribution in [1.29, 1.82) is 0 Å². The quantitative estimate of drug-likeness (QED) is 0.519. The van der Waals surface area contributed by atoms with Crippen LogP contribution in [0.1, 0.15) is 70.1 Å². The summed E-state index contributed by atoms with van der Waals surface area (Å²) in [5, 5.41) is 3.08. The standard InChI is InChI=1S/C29H41N3O4S/c1-21-10-9-11-23(18-21)19-31(22(2)28(34)30-25-12-7-8-13-25)27(33)20-32(37(6,35)36)26-16-14-24(15-17-26)29(3,4)5/h9-11,14-18,22,25H,7-8,12-13,19-20H2,1-6H3,(H,30,34)/t22-/m1/s1. The summed E-state index contributed by atoms with van der Waals surface area (Å²) in [7, 11) is -3.75. The molecule has 0 aliphatic heterocycles. The monoisotopic (exact) mass is 527 g/mol. The molecule has 2 amide bonds. The lowest BCUT2D eigenvalue weighted by atomic mass is 9.87. The van der Waals surface area contributed by atoms with Gasteiger partial charge in [-0.05, 0) is 55.4 Å².